The molecule has 0 fully saturated rings. The van der Waals surface area contributed by atoms with E-state index in [1.165, 1.54) is 36.0 Å². The fourth-order valence-corrected chi connectivity index (χ4v) is 3.61. The van der Waals surface area contributed by atoms with Gasteiger partial charge in [0.25, 0.3) is 0 Å². The van der Waals surface area contributed by atoms with Crippen molar-refractivity contribution in [3.05, 3.63) is 71.7 Å². The van der Waals surface area contributed by atoms with Crippen LogP contribution in [0.3, 0.4) is 0 Å². The molecule has 1 aromatic carbocycles. The van der Waals surface area contributed by atoms with Crippen LogP contribution in [0.4, 0.5) is 0 Å². The van der Waals surface area contributed by atoms with Crippen molar-refractivity contribution in [1.29, 1.82) is 0 Å². The summed E-state index contributed by atoms with van der Waals surface area (Å²) in [6.07, 6.45) is 9.41. The van der Waals surface area contributed by atoms with Gasteiger partial charge in [-0.05, 0) is 42.5 Å². The van der Waals surface area contributed by atoms with E-state index in [1.54, 1.807) is 6.20 Å². The highest BCUT2D eigenvalue weighted by atomic mass is 15.3. The summed E-state index contributed by atoms with van der Waals surface area (Å²) in [5, 5.41) is 8.37. The van der Waals surface area contributed by atoms with Crippen LogP contribution in [0.5, 0.6) is 0 Å². The third-order valence-corrected chi connectivity index (χ3v) is 4.75. The summed E-state index contributed by atoms with van der Waals surface area (Å²) in [6.45, 7) is 0.817. The number of aromatic nitrogens is 3. The van der Waals surface area contributed by atoms with Crippen molar-refractivity contribution < 1.29 is 0 Å². The Morgan fingerprint density at radius 2 is 2.12 bits per heavy atom. The molecule has 1 N–H and O–H groups in total. The van der Waals surface area contributed by atoms with Crippen LogP contribution in [0, 0.1) is 0 Å². The van der Waals surface area contributed by atoms with Crippen LogP contribution < -0.4 is 5.32 Å². The second-order valence-electron chi connectivity index (χ2n) is 6.44. The molecule has 122 valence electrons. The molecule has 4 nitrogen and oxygen atoms in total. The largest absolute Gasteiger partial charge is 0.306 e. The SMILES string of the molecule is Cn1cc(CN[C@H]2CCCc3ccccc32)c(-c2cccnc2)n1. The van der Waals surface area contributed by atoms with E-state index in [1.807, 2.05) is 24.0 Å². The van der Waals surface area contributed by atoms with Crippen LogP contribution in [-0.2, 0) is 20.0 Å². The standard InChI is InChI=1S/C20H22N4/c1-24-14-17(20(23-24)16-8-5-11-21-12-16)13-22-19-10-4-7-15-6-2-3-9-18(15)19/h2-3,5-6,8-9,11-12,14,19,22H,4,7,10,13H2,1H3/t19-/m0/s1. The molecule has 3 aromatic rings. The van der Waals surface area contributed by atoms with Gasteiger partial charge in [0.15, 0.2) is 0 Å². The van der Waals surface area contributed by atoms with Gasteiger partial charge in [0.05, 0.1) is 5.69 Å². The summed E-state index contributed by atoms with van der Waals surface area (Å²) in [7, 11) is 1.97. The number of hydrogen-bond acceptors (Lipinski definition) is 3. The van der Waals surface area contributed by atoms with Crippen molar-refractivity contribution in [1.82, 2.24) is 20.1 Å². The minimum Gasteiger partial charge on any atom is -0.306 e. The Hall–Kier alpha value is -2.46. The maximum Gasteiger partial charge on any atom is 0.0983 e. The zero-order valence-corrected chi connectivity index (χ0v) is 13.9. The van der Waals surface area contributed by atoms with E-state index in [-0.39, 0.29) is 0 Å². The third kappa shape index (κ3) is 2.97. The average Bonchev–Trinajstić information content (AvgIpc) is 3.01. The van der Waals surface area contributed by atoms with Crippen molar-refractivity contribution >= 4 is 0 Å². The molecular weight excluding hydrogens is 296 g/mol. The lowest BCUT2D eigenvalue weighted by atomic mass is 9.87. The first kappa shape index (κ1) is 15.1. The second kappa shape index (κ2) is 6.57. The van der Waals surface area contributed by atoms with Gasteiger partial charge in [-0.25, -0.2) is 0 Å². The van der Waals surface area contributed by atoms with Crippen LogP contribution in [0.25, 0.3) is 11.3 Å². The Balaban J connectivity index is 1.56. The molecule has 0 unspecified atom stereocenters. The van der Waals surface area contributed by atoms with Gasteiger partial charge >= 0.3 is 0 Å². The first-order valence-electron chi connectivity index (χ1n) is 8.55. The van der Waals surface area contributed by atoms with E-state index in [9.17, 15) is 0 Å². The summed E-state index contributed by atoms with van der Waals surface area (Å²) >= 11 is 0. The van der Waals surface area contributed by atoms with E-state index >= 15 is 0 Å². The number of hydrogen-bond donors (Lipinski definition) is 1. The predicted molar refractivity (Wildman–Crippen MR) is 95.4 cm³/mol. The number of rotatable bonds is 4. The Kier molecular flexibility index (Phi) is 4.13. The molecule has 1 aliphatic carbocycles. The van der Waals surface area contributed by atoms with Crippen LogP contribution in [0.2, 0.25) is 0 Å². The fourth-order valence-electron chi connectivity index (χ4n) is 3.61. The van der Waals surface area contributed by atoms with Gasteiger partial charge in [0, 0.05) is 49.4 Å². The number of nitrogens with one attached hydrogen (secondary N) is 1. The number of fused-ring (bicyclic) bond motifs is 1. The topological polar surface area (TPSA) is 42.7 Å². The fraction of sp³-hybridized carbons (Fsp3) is 0.300. The molecule has 0 saturated carbocycles. The van der Waals surface area contributed by atoms with Gasteiger partial charge in [0.2, 0.25) is 0 Å². The third-order valence-electron chi connectivity index (χ3n) is 4.75. The lowest BCUT2D eigenvalue weighted by molar-refractivity contribution is 0.459. The molecule has 4 heteroatoms. The van der Waals surface area contributed by atoms with E-state index < -0.39 is 0 Å². The highest BCUT2D eigenvalue weighted by Gasteiger charge is 2.20. The van der Waals surface area contributed by atoms with Crippen molar-refractivity contribution in [2.45, 2.75) is 31.8 Å². The lowest BCUT2D eigenvalue weighted by Crippen LogP contribution is -2.24. The van der Waals surface area contributed by atoms with Gasteiger partial charge in [0.1, 0.15) is 0 Å². The summed E-state index contributed by atoms with van der Waals surface area (Å²) in [6, 6.07) is 13.3. The Labute approximate surface area is 142 Å². The molecule has 0 aliphatic heterocycles. The first-order valence-corrected chi connectivity index (χ1v) is 8.55. The van der Waals surface area contributed by atoms with E-state index in [0.29, 0.717) is 6.04 Å². The summed E-state index contributed by atoms with van der Waals surface area (Å²) in [5.74, 6) is 0. The molecule has 1 aliphatic rings. The molecule has 1 atom stereocenters. The van der Waals surface area contributed by atoms with Gasteiger partial charge < -0.3 is 5.32 Å². The Morgan fingerprint density at radius 1 is 1.21 bits per heavy atom. The average molecular weight is 318 g/mol. The number of benzene rings is 1. The van der Waals surface area contributed by atoms with Crippen molar-refractivity contribution in [2.24, 2.45) is 7.05 Å². The molecule has 0 saturated heterocycles. The monoisotopic (exact) mass is 318 g/mol. The van der Waals surface area contributed by atoms with E-state index in [0.717, 1.165) is 17.8 Å². The Morgan fingerprint density at radius 3 is 3.00 bits per heavy atom. The molecule has 2 aromatic heterocycles. The number of aryl methyl sites for hydroxylation is 2. The summed E-state index contributed by atoms with van der Waals surface area (Å²) < 4.78 is 1.88. The van der Waals surface area contributed by atoms with Crippen LogP contribution in [-0.4, -0.2) is 14.8 Å². The summed E-state index contributed by atoms with van der Waals surface area (Å²) in [5.41, 5.74) is 6.24. The minimum absolute atomic E-state index is 0.428. The van der Waals surface area contributed by atoms with Crippen molar-refractivity contribution in [2.75, 3.05) is 0 Å². The predicted octanol–water partition coefficient (Wildman–Crippen LogP) is 3.65. The van der Waals surface area contributed by atoms with Gasteiger partial charge in [-0.15, -0.1) is 0 Å². The zero-order valence-electron chi connectivity index (χ0n) is 13.9. The second-order valence-corrected chi connectivity index (χ2v) is 6.44. The highest BCUT2D eigenvalue weighted by Crippen LogP contribution is 2.30. The van der Waals surface area contributed by atoms with Gasteiger partial charge in [-0.1, -0.05) is 24.3 Å². The van der Waals surface area contributed by atoms with Crippen LogP contribution in [0.1, 0.15) is 35.6 Å². The van der Waals surface area contributed by atoms with Gasteiger partial charge in [-0.2, -0.15) is 5.10 Å². The molecule has 4 rings (SSSR count). The molecule has 0 spiro atoms. The number of nitrogens with zero attached hydrogens (tertiary/aromatic N) is 3. The van der Waals surface area contributed by atoms with Crippen molar-refractivity contribution in [3.63, 3.8) is 0 Å². The normalized spacial score (nSPS) is 16.8. The minimum atomic E-state index is 0.428. The summed E-state index contributed by atoms with van der Waals surface area (Å²) in [4.78, 5) is 4.22. The smallest absolute Gasteiger partial charge is 0.0983 e. The maximum atomic E-state index is 4.63. The molecule has 0 bridgehead atoms. The quantitative estimate of drug-likeness (QED) is 0.798. The Bertz CT molecular complexity index is 823. The number of pyridine rings is 1. The molecule has 2 heterocycles. The lowest BCUT2D eigenvalue weighted by Gasteiger charge is -2.26. The van der Waals surface area contributed by atoms with Crippen LogP contribution >= 0.6 is 0 Å². The highest BCUT2D eigenvalue weighted by molar-refractivity contribution is 5.61. The van der Waals surface area contributed by atoms with Gasteiger partial charge in [-0.3, -0.25) is 9.67 Å². The molecular formula is C20H22N4. The maximum absolute atomic E-state index is 4.63. The molecule has 24 heavy (non-hydrogen) atoms. The van der Waals surface area contributed by atoms with Crippen LogP contribution in [0.15, 0.2) is 55.0 Å². The molecule has 0 radical (unpaired) electrons. The zero-order chi connectivity index (χ0) is 16.4. The van der Waals surface area contributed by atoms with E-state index in [4.69, 9.17) is 0 Å². The first-order chi connectivity index (χ1) is 11.8. The van der Waals surface area contributed by atoms with E-state index in [2.05, 4.69) is 51.9 Å². The molecule has 0 amide bonds. The van der Waals surface area contributed by atoms with Crippen molar-refractivity contribution in [3.8, 4) is 11.3 Å².